The Morgan fingerprint density at radius 2 is 1.90 bits per heavy atom. The average Bonchev–Trinajstić information content (AvgIpc) is 2.92. The Hall–Kier alpha value is -2.25. The summed E-state index contributed by atoms with van der Waals surface area (Å²) in [6.45, 7) is 1.77. The maximum atomic E-state index is 13.6. The first-order valence-corrected chi connectivity index (χ1v) is 11.5. The molecule has 1 saturated carbocycles. The molecule has 1 unspecified atom stereocenters. The van der Waals surface area contributed by atoms with Crippen LogP contribution in [0, 0.1) is 5.82 Å². The van der Waals surface area contributed by atoms with Gasteiger partial charge in [0.15, 0.2) is 0 Å². The smallest absolute Gasteiger partial charge is 0.240 e. The molecule has 5 nitrogen and oxygen atoms in total. The molecule has 2 aromatic carbocycles. The van der Waals surface area contributed by atoms with Gasteiger partial charge in [-0.15, -0.1) is 0 Å². The molecule has 154 valence electrons. The van der Waals surface area contributed by atoms with Gasteiger partial charge in [-0.05, 0) is 67.6 Å². The van der Waals surface area contributed by atoms with Crippen molar-refractivity contribution in [2.24, 2.45) is 0 Å². The third-order valence-corrected chi connectivity index (χ3v) is 7.54. The van der Waals surface area contributed by atoms with E-state index in [0.29, 0.717) is 16.8 Å². The molecule has 0 bridgehead atoms. The summed E-state index contributed by atoms with van der Waals surface area (Å²) >= 11 is 0. The Kier molecular flexibility index (Phi) is 5.21. The van der Waals surface area contributed by atoms with Crippen LogP contribution in [0.1, 0.15) is 50.2 Å². The van der Waals surface area contributed by atoms with Crippen molar-refractivity contribution in [2.45, 2.75) is 61.8 Å². The van der Waals surface area contributed by atoms with E-state index in [1.54, 1.807) is 31.2 Å². The number of benzene rings is 2. The van der Waals surface area contributed by atoms with E-state index >= 15 is 0 Å². The second-order valence-electron chi connectivity index (χ2n) is 8.26. The Bertz CT molecular complexity index is 1050. The minimum Gasteiger partial charge on any atom is -0.325 e. The van der Waals surface area contributed by atoms with E-state index in [2.05, 4.69) is 10.0 Å². The summed E-state index contributed by atoms with van der Waals surface area (Å²) in [5, 5.41) is 2.83. The SMILES string of the molecule is CC1(Cc2cccc(F)c2)C(=O)Nc2ccc(S(=O)(=O)NC3CCCCC3)cc21. The number of carbonyl (C=O) groups is 1. The highest BCUT2D eigenvalue weighted by Crippen LogP contribution is 2.41. The lowest BCUT2D eigenvalue weighted by Crippen LogP contribution is -2.36. The summed E-state index contributed by atoms with van der Waals surface area (Å²) in [4.78, 5) is 12.9. The first-order chi connectivity index (χ1) is 13.8. The van der Waals surface area contributed by atoms with Crippen LogP contribution in [0.5, 0.6) is 0 Å². The summed E-state index contributed by atoms with van der Waals surface area (Å²) in [5.74, 6) is -0.579. The van der Waals surface area contributed by atoms with Gasteiger partial charge in [0.1, 0.15) is 5.82 Å². The van der Waals surface area contributed by atoms with Crippen molar-refractivity contribution in [3.8, 4) is 0 Å². The lowest BCUT2D eigenvalue weighted by atomic mass is 9.78. The predicted molar refractivity (Wildman–Crippen MR) is 110 cm³/mol. The third kappa shape index (κ3) is 3.94. The van der Waals surface area contributed by atoms with Gasteiger partial charge in [0, 0.05) is 11.7 Å². The Balaban J connectivity index is 1.66. The maximum Gasteiger partial charge on any atom is 0.240 e. The van der Waals surface area contributed by atoms with Crippen molar-refractivity contribution in [3.63, 3.8) is 0 Å². The van der Waals surface area contributed by atoms with Gasteiger partial charge in [-0.2, -0.15) is 0 Å². The summed E-state index contributed by atoms with van der Waals surface area (Å²) in [6.07, 6.45) is 5.18. The van der Waals surface area contributed by atoms with Crippen LogP contribution in [-0.2, 0) is 26.7 Å². The van der Waals surface area contributed by atoms with Crippen LogP contribution in [0.4, 0.5) is 10.1 Å². The molecular weight excluding hydrogens is 391 g/mol. The number of carbonyl (C=O) groups excluding carboxylic acids is 1. The molecule has 0 saturated heterocycles. The van der Waals surface area contributed by atoms with Gasteiger partial charge in [-0.1, -0.05) is 31.4 Å². The summed E-state index contributed by atoms with van der Waals surface area (Å²) in [7, 11) is -3.68. The van der Waals surface area contributed by atoms with Gasteiger partial charge in [-0.3, -0.25) is 4.79 Å². The molecule has 2 aliphatic rings. The second-order valence-corrected chi connectivity index (χ2v) is 9.97. The normalized spacial score (nSPS) is 22.3. The quantitative estimate of drug-likeness (QED) is 0.777. The van der Waals surface area contributed by atoms with Crippen molar-refractivity contribution >= 4 is 21.6 Å². The molecule has 29 heavy (non-hydrogen) atoms. The minimum absolute atomic E-state index is 0.0413. The molecule has 0 radical (unpaired) electrons. The first-order valence-electron chi connectivity index (χ1n) is 10.0. The number of hydrogen-bond acceptors (Lipinski definition) is 3. The molecular formula is C22H25FN2O3S. The molecule has 1 aliphatic carbocycles. The van der Waals surface area contributed by atoms with Crippen molar-refractivity contribution in [3.05, 3.63) is 59.4 Å². The molecule has 1 amide bonds. The largest absolute Gasteiger partial charge is 0.325 e. The number of rotatable bonds is 5. The molecule has 7 heteroatoms. The van der Waals surface area contributed by atoms with Crippen LogP contribution < -0.4 is 10.0 Å². The van der Waals surface area contributed by atoms with E-state index < -0.39 is 15.4 Å². The standard InChI is InChI=1S/C22H25FN2O3S/c1-22(14-15-6-5-7-16(23)12-15)19-13-18(10-11-20(19)24-21(22)26)29(27,28)25-17-8-3-2-4-9-17/h5-7,10-13,17,25H,2-4,8-9,14H2,1H3,(H,24,26). The van der Waals surface area contributed by atoms with Crippen LogP contribution in [0.15, 0.2) is 47.4 Å². The van der Waals surface area contributed by atoms with Crippen LogP contribution in [0.3, 0.4) is 0 Å². The van der Waals surface area contributed by atoms with Crippen LogP contribution in [-0.4, -0.2) is 20.4 Å². The van der Waals surface area contributed by atoms with Crippen LogP contribution >= 0.6 is 0 Å². The lowest BCUT2D eigenvalue weighted by Gasteiger charge is -2.24. The Morgan fingerprint density at radius 3 is 2.62 bits per heavy atom. The third-order valence-electron chi connectivity index (χ3n) is 6.02. The van der Waals surface area contributed by atoms with E-state index in [9.17, 15) is 17.6 Å². The lowest BCUT2D eigenvalue weighted by molar-refractivity contribution is -0.120. The first kappa shape index (κ1) is 20.0. The molecule has 0 aromatic heterocycles. The highest BCUT2D eigenvalue weighted by atomic mass is 32.2. The molecule has 2 N–H and O–H groups in total. The molecule has 1 aliphatic heterocycles. The fraction of sp³-hybridized carbons (Fsp3) is 0.409. The summed E-state index contributed by atoms with van der Waals surface area (Å²) in [6, 6.07) is 10.8. The van der Waals surface area contributed by atoms with Crippen LogP contribution in [0.2, 0.25) is 0 Å². The average molecular weight is 417 g/mol. The highest BCUT2D eigenvalue weighted by Gasteiger charge is 2.43. The highest BCUT2D eigenvalue weighted by molar-refractivity contribution is 7.89. The van der Waals surface area contributed by atoms with E-state index in [0.717, 1.165) is 32.1 Å². The molecule has 2 aromatic rings. The van der Waals surface area contributed by atoms with Crippen LogP contribution in [0.25, 0.3) is 0 Å². The molecule has 1 fully saturated rings. The number of halogens is 1. The molecule has 1 atom stereocenters. The Morgan fingerprint density at radius 1 is 1.14 bits per heavy atom. The van der Waals surface area contributed by atoms with E-state index in [1.807, 2.05) is 0 Å². The molecule has 4 rings (SSSR count). The van der Waals surface area contributed by atoms with Gasteiger partial charge in [0.05, 0.1) is 10.3 Å². The van der Waals surface area contributed by atoms with E-state index in [-0.39, 0.29) is 29.1 Å². The van der Waals surface area contributed by atoms with Gasteiger partial charge in [-0.25, -0.2) is 17.5 Å². The van der Waals surface area contributed by atoms with Crippen molar-refractivity contribution < 1.29 is 17.6 Å². The predicted octanol–water partition coefficient (Wildman–Crippen LogP) is 3.89. The zero-order valence-electron chi connectivity index (χ0n) is 16.4. The van der Waals surface area contributed by atoms with Crippen molar-refractivity contribution in [1.82, 2.24) is 4.72 Å². The zero-order chi connectivity index (χ0) is 20.6. The molecule has 1 heterocycles. The number of sulfonamides is 1. The number of nitrogens with one attached hydrogen (secondary N) is 2. The van der Waals surface area contributed by atoms with E-state index in [1.165, 1.54) is 18.2 Å². The fourth-order valence-electron chi connectivity index (χ4n) is 4.38. The number of anilines is 1. The number of fused-ring (bicyclic) bond motifs is 1. The minimum atomic E-state index is -3.68. The van der Waals surface area contributed by atoms with Crippen molar-refractivity contribution in [2.75, 3.05) is 5.32 Å². The molecule has 0 spiro atoms. The fourth-order valence-corrected chi connectivity index (χ4v) is 5.71. The maximum absolute atomic E-state index is 13.6. The summed E-state index contributed by atoms with van der Waals surface area (Å²) < 4.78 is 42.3. The zero-order valence-corrected chi connectivity index (χ0v) is 17.2. The monoisotopic (exact) mass is 416 g/mol. The second kappa shape index (κ2) is 7.54. The van der Waals surface area contributed by atoms with Gasteiger partial charge in [0.25, 0.3) is 0 Å². The van der Waals surface area contributed by atoms with E-state index in [4.69, 9.17) is 0 Å². The van der Waals surface area contributed by atoms with Gasteiger partial charge >= 0.3 is 0 Å². The number of hydrogen-bond donors (Lipinski definition) is 2. The Labute approximate surface area is 170 Å². The van der Waals surface area contributed by atoms with Gasteiger partial charge < -0.3 is 5.32 Å². The summed E-state index contributed by atoms with van der Waals surface area (Å²) in [5.41, 5.74) is 0.937. The van der Waals surface area contributed by atoms with Crippen molar-refractivity contribution in [1.29, 1.82) is 0 Å². The number of amides is 1. The van der Waals surface area contributed by atoms with Gasteiger partial charge in [0.2, 0.25) is 15.9 Å². The topological polar surface area (TPSA) is 75.3 Å².